The maximum atomic E-state index is 12.6. The second kappa shape index (κ2) is 7.86. The summed E-state index contributed by atoms with van der Waals surface area (Å²) in [6.45, 7) is 4.59. The van der Waals surface area contributed by atoms with Crippen LogP contribution in [0.1, 0.15) is 30.4 Å². The number of thioether (sulfide) groups is 1. The van der Waals surface area contributed by atoms with Gasteiger partial charge in [0.1, 0.15) is 6.04 Å². The van der Waals surface area contributed by atoms with Crippen molar-refractivity contribution in [1.29, 1.82) is 0 Å². The van der Waals surface area contributed by atoms with E-state index in [-0.39, 0.29) is 11.7 Å². The number of rotatable bonds is 5. The van der Waals surface area contributed by atoms with E-state index in [2.05, 4.69) is 21.6 Å². The molecule has 1 aliphatic rings. The van der Waals surface area contributed by atoms with Crippen LogP contribution in [0.25, 0.3) is 5.69 Å². The summed E-state index contributed by atoms with van der Waals surface area (Å²) in [7, 11) is 0. The second-order valence-corrected chi connectivity index (χ2v) is 7.45. The minimum absolute atomic E-state index is 0.117. The molecule has 1 fully saturated rings. The summed E-state index contributed by atoms with van der Waals surface area (Å²) in [4.78, 5) is 25.8. The van der Waals surface area contributed by atoms with Gasteiger partial charge in [-0.25, -0.2) is 0 Å². The molecule has 2 aromatic rings. The van der Waals surface area contributed by atoms with Crippen LogP contribution >= 0.6 is 11.8 Å². The molecule has 0 bridgehead atoms. The Hall–Kier alpha value is -2.42. The number of tetrazole rings is 1. The van der Waals surface area contributed by atoms with Gasteiger partial charge in [0.25, 0.3) is 0 Å². The van der Waals surface area contributed by atoms with E-state index in [1.54, 1.807) is 9.58 Å². The van der Waals surface area contributed by atoms with Gasteiger partial charge in [0.05, 0.1) is 11.4 Å². The average molecular weight is 374 g/mol. The quantitative estimate of drug-likeness (QED) is 0.789. The molecular formula is C17H22N6O2S. The molecule has 2 amide bonds. The smallest absolute Gasteiger partial charge is 0.240 e. The molecule has 1 saturated heterocycles. The third-order valence-electron chi connectivity index (χ3n) is 4.37. The second-order valence-electron chi connectivity index (χ2n) is 6.51. The van der Waals surface area contributed by atoms with Gasteiger partial charge in [-0.2, -0.15) is 4.68 Å². The van der Waals surface area contributed by atoms with E-state index in [0.29, 0.717) is 18.1 Å². The van der Waals surface area contributed by atoms with E-state index in [9.17, 15) is 9.59 Å². The van der Waals surface area contributed by atoms with Crippen LogP contribution in [-0.4, -0.2) is 55.3 Å². The molecule has 8 nitrogen and oxygen atoms in total. The van der Waals surface area contributed by atoms with E-state index < -0.39 is 11.9 Å². The number of piperidine rings is 1. The van der Waals surface area contributed by atoms with Gasteiger partial charge in [-0.05, 0) is 66.8 Å². The fourth-order valence-electron chi connectivity index (χ4n) is 3.24. The van der Waals surface area contributed by atoms with Crippen molar-refractivity contribution >= 4 is 23.6 Å². The predicted octanol–water partition coefficient (Wildman–Crippen LogP) is 1.24. The van der Waals surface area contributed by atoms with Crippen molar-refractivity contribution in [3.63, 3.8) is 0 Å². The lowest BCUT2D eigenvalue weighted by atomic mass is 10.0. The molecule has 0 aliphatic carbocycles. The molecule has 1 aliphatic heterocycles. The highest BCUT2D eigenvalue weighted by atomic mass is 32.2. The van der Waals surface area contributed by atoms with Crippen molar-refractivity contribution in [2.45, 2.75) is 44.3 Å². The van der Waals surface area contributed by atoms with Gasteiger partial charge in [0.2, 0.25) is 17.0 Å². The Kier molecular flexibility index (Phi) is 5.55. The summed E-state index contributed by atoms with van der Waals surface area (Å²) in [6, 6.07) is 5.54. The van der Waals surface area contributed by atoms with Gasteiger partial charge >= 0.3 is 0 Å². The van der Waals surface area contributed by atoms with Crippen molar-refractivity contribution in [2.75, 3.05) is 12.3 Å². The fraction of sp³-hybridized carbons (Fsp3) is 0.471. The summed E-state index contributed by atoms with van der Waals surface area (Å²) < 4.78 is 1.62. The highest BCUT2D eigenvalue weighted by molar-refractivity contribution is 7.99. The van der Waals surface area contributed by atoms with Crippen LogP contribution in [0.15, 0.2) is 23.4 Å². The molecule has 0 saturated carbocycles. The number of carbonyl (C=O) groups is 2. The van der Waals surface area contributed by atoms with Gasteiger partial charge in [-0.1, -0.05) is 17.8 Å². The Morgan fingerprint density at radius 3 is 2.65 bits per heavy atom. The van der Waals surface area contributed by atoms with Crippen LogP contribution in [0.2, 0.25) is 0 Å². The molecule has 1 aromatic heterocycles. The summed E-state index contributed by atoms with van der Waals surface area (Å²) >= 11 is 1.26. The first-order valence-corrected chi connectivity index (χ1v) is 9.53. The number of hydrogen-bond donors (Lipinski definition) is 1. The summed E-state index contributed by atoms with van der Waals surface area (Å²) in [6.07, 6.45) is 2.43. The van der Waals surface area contributed by atoms with Gasteiger partial charge in [-0.3, -0.25) is 9.59 Å². The Balaban J connectivity index is 1.71. The number of nitrogens with two attached hydrogens (primary N) is 1. The standard InChI is InChI=1S/C17H22N6O2S/c1-11-7-12(2)9-13(8-11)23-17(19-20-21-23)26-10-15(24)22-6-4-3-5-14(22)16(18)25/h7-9,14H,3-6,10H2,1-2H3,(H2,18,25)/t14-/m1/s1. The van der Waals surface area contributed by atoms with Crippen LogP contribution in [-0.2, 0) is 9.59 Å². The lowest BCUT2D eigenvalue weighted by molar-refractivity contribution is -0.138. The number of benzene rings is 1. The van der Waals surface area contributed by atoms with E-state index in [0.717, 1.165) is 29.7 Å². The van der Waals surface area contributed by atoms with E-state index in [1.807, 2.05) is 26.0 Å². The lowest BCUT2D eigenvalue weighted by Crippen LogP contribution is -2.51. The van der Waals surface area contributed by atoms with Crippen LogP contribution in [0, 0.1) is 13.8 Å². The minimum atomic E-state index is -0.507. The number of hydrogen-bond acceptors (Lipinski definition) is 6. The monoisotopic (exact) mass is 374 g/mol. The Morgan fingerprint density at radius 2 is 1.96 bits per heavy atom. The van der Waals surface area contributed by atoms with Crippen LogP contribution in [0.5, 0.6) is 0 Å². The number of likely N-dealkylation sites (tertiary alicyclic amines) is 1. The number of amides is 2. The summed E-state index contributed by atoms with van der Waals surface area (Å²) in [5, 5.41) is 12.3. The van der Waals surface area contributed by atoms with Gasteiger partial charge < -0.3 is 10.6 Å². The number of aromatic nitrogens is 4. The molecule has 26 heavy (non-hydrogen) atoms. The molecule has 2 heterocycles. The topological polar surface area (TPSA) is 107 Å². The molecule has 1 atom stereocenters. The normalized spacial score (nSPS) is 17.3. The highest BCUT2D eigenvalue weighted by Gasteiger charge is 2.30. The third kappa shape index (κ3) is 4.04. The lowest BCUT2D eigenvalue weighted by Gasteiger charge is -2.33. The number of carbonyl (C=O) groups excluding carboxylic acids is 2. The number of primary amides is 1. The Morgan fingerprint density at radius 1 is 1.23 bits per heavy atom. The molecule has 138 valence electrons. The van der Waals surface area contributed by atoms with Gasteiger partial charge in [-0.15, -0.1) is 5.10 Å². The first-order chi connectivity index (χ1) is 12.5. The molecule has 9 heteroatoms. The molecule has 1 aromatic carbocycles. The highest BCUT2D eigenvalue weighted by Crippen LogP contribution is 2.23. The van der Waals surface area contributed by atoms with E-state index >= 15 is 0 Å². The SMILES string of the molecule is Cc1cc(C)cc(-n2nnnc2SCC(=O)N2CCCC[C@@H]2C(N)=O)c1. The minimum Gasteiger partial charge on any atom is -0.368 e. The fourth-order valence-corrected chi connectivity index (χ4v) is 4.02. The Labute approximate surface area is 156 Å². The number of aryl methyl sites for hydroxylation is 2. The van der Waals surface area contributed by atoms with Crippen LogP contribution < -0.4 is 5.73 Å². The van der Waals surface area contributed by atoms with Crippen molar-refractivity contribution in [1.82, 2.24) is 25.1 Å². The van der Waals surface area contributed by atoms with Gasteiger partial charge in [0.15, 0.2) is 0 Å². The molecule has 2 N–H and O–H groups in total. The zero-order chi connectivity index (χ0) is 18.7. The molecule has 0 spiro atoms. The van der Waals surface area contributed by atoms with Crippen molar-refractivity contribution < 1.29 is 9.59 Å². The maximum absolute atomic E-state index is 12.6. The zero-order valence-corrected chi connectivity index (χ0v) is 15.7. The Bertz CT molecular complexity index is 801. The van der Waals surface area contributed by atoms with Crippen molar-refractivity contribution in [3.8, 4) is 5.69 Å². The molecular weight excluding hydrogens is 352 g/mol. The van der Waals surface area contributed by atoms with Crippen LogP contribution in [0.4, 0.5) is 0 Å². The maximum Gasteiger partial charge on any atom is 0.240 e. The van der Waals surface area contributed by atoms with Crippen molar-refractivity contribution in [2.24, 2.45) is 5.73 Å². The van der Waals surface area contributed by atoms with Crippen LogP contribution in [0.3, 0.4) is 0 Å². The summed E-state index contributed by atoms with van der Waals surface area (Å²) in [5.41, 5.74) is 8.52. The first-order valence-electron chi connectivity index (χ1n) is 8.54. The largest absolute Gasteiger partial charge is 0.368 e. The molecule has 3 rings (SSSR count). The van der Waals surface area contributed by atoms with Crippen molar-refractivity contribution in [3.05, 3.63) is 29.3 Å². The van der Waals surface area contributed by atoms with Gasteiger partial charge in [0, 0.05) is 6.54 Å². The first kappa shape index (κ1) is 18.4. The van der Waals surface area contributed by atoms with E-state index in [1.165, 1.54) is 11.8 Å². The number of nitrogens with zero attached hydrogens (tertiary/aromatic N) is 5. The molecule has 0 radical (unpaired) electrons. The van der Waals surface area contributed by atoms with E-state index in [4.69, 9.17) is 5.73 Å². The zero-order valence-electron chi connectivity index (χ0n) is 14.9. The molecule has 0 unspecified atom stereocenters. The third-order valence-corrected chi connectivity index (χ3v) is 5.27. The summed E-state index contributed by atoms with van der Waals surface area (Å²) in [5.74, 6) is -0.397. The average Bonchev–Trinajstić information content (AvgIpc) is 3.07. The predicted molar refractivity (Wildman–Crippen MR) is 97.9 cm³/mol.